The van der Waals surface area contributed by atoms with Gasteiger partial charge in [-0.05, 0) is 57.7 Å². The van der Waals surface area contributed by atoms with Crippen molar-refractivity contribution in [3.8, 4) is 11.5 Å². The van der Waals surface area contributed by atoms with Crippen LogP contribution < -0.4 is 14.8 Å². The maximum absolute atomic E-state index is 5.65. The zero-order valence-electron chi connectivity index (χ0n) is 15.0. The van der Waals surface area contributed by atoms with E-state index in [2.05, 4.69) is 49.2 Å². The number of rotatable bonds is 5. The molecule has 6 nitrogen and oxygen atoms in total. The molecule has 0 saturated carbocycles. The molecule has 1 aromatic heterocycles. The third kappa shape index (κ3) is 4.93. The normalized spacial score (nSPS) is 14.0. The molecular weight excluding hydrogens is 356 g/mol. The Balaban J connectivity index is 1.65. The summed E-state index contributed by atoms with van der Waals surface area (Å²) in [5.74, 6) is 1.64. The molecule has 0 amide bonds. The zero-order valence-corrected chi connectivity index (χ0v) is 16.7. The largest absolute Gasteiger partial charge is 0.486 e. The van der Waals surface area contributed by atoms with Crippen LogP contribution in [-0.4, -0.2) is 40.5 Å². The van der Waals surface area contributed by atoms with Gasteiger partial charge >= 0.3 is 0 Å². The molecule has 1 aliphatic heterocycles. The minimum absolute atomic E-state index is 0.0332. The molecule has 8 heteroatoms. The van der Waals surface area contributed by atoms with Gasteiger partial charge in [0.25, 0.3) is 0 Å². The number of nitrogens with zero attached hydrogens (tertiary/aromatic N) is 3. The summed E-state index contributed by atoms with van der Waals surface area (Å²) in [7, 11) is 2.05. The second-order valence-electron chi connectivity index (χ2n) is 7.18. The molecule has 0 spiro atoms. The first-order valence-electron chi connectivity index (χ1n) is 8.23. The average Bonchev–Trinajstić information content (AvgIpc) is 2.84. The molecule has 0 unspecified atom stereocenters. The fourth-order valence-electron chi connectivity index (χ4n) is 2.54. The lowest BCUT2D eigenvalue weighted by molar-refractivity contribution is 0.171. The molecule has 0 atom stereocenters. The minimum atomic E-state index is -0.0332. The van der Waals surface area contributed by atoms with Crippen molar-refractivity contribution in [3.63, 3.8) is 0 Å². The van der Waals surface area contributed by atoms with Gasteiger partial charge in [0, 0.05) is 12.1 Å². The average molecular weight is 381 g/mol. The Bertz CT molecular complexity index is 795. The summed E-state index contributed by atoms with van der Waals surface area (Å²) in [5.41, 5.74) is 1.13. The molecular formula is C17H24N4O2S2. The Labute approximate surface area is 157 Å². The van der Waals surface area contributed by atoms with Crippen LogP contribution in [0.1, 0.15) is 26.3 Å². The molecule has 1 N–H and O–H groups in total. The van der Waals surface area contributed by atoms with E-state index >= 15 is 0 Å². The third-order valence-electron chi connectivity index (χ3n) is 3.52. The number of hydrogen-bond donors (Lipinski definition) is 1. The van der Waals surface area contributed by atoms with Gasteiger partial charge in [-0.1, -0.05) is 17.4 Å². The van der Waals surface area contributed by atoms with Gasteiger partial charge in [-0.25, -0.2) is 4.68 Å². The molecule has 2 heterocycles. The standard InChI is InChI=1S/C17H24N4O2S2/c1-17(2,3)18-15-19-21(16(24)25-15)11-20(4)10-12-5-6-13-14(9-12)23-8-7-22-13/h5-6,9H,7-8,10-11H2,1-4H3,(H,18,19). The van der Waals surface area contributed by atoms with Crippen LogP contribution in [0, 0.1) is 3.95 Å². The van der Waals surface area contributed by atoms with E-state index in [0.29, 0.717) is 19.9 Å². The summed E-state index contributed by atoms with van der Waals surface area (Å²) in [5, 5.41) is 8.80. The zero-order chi connectivity index (χ0) is 18.0. The number of nitrogens with one attached hydrogen (secondary N) is 1. The van der Waals surface area contributed by atoms with Crippen molar-refractivity contribution < 1.29 is 9.47 Å². The molecule has 3 rings (SSSR count). The first-order chi connectivity index (χ1) is 11.8. The Kier molecular flexibility index (Phi) is 5.31. The van der Waals surface area contributed by atoms with Crippen molar-refractivity contribution in [2.24, 2.45) is 0 Å². The second-order valence-corrected chi connectivity index (χ2v) is 8.80. The highest BCUT2D eigenvalue weighted by molar-refractivity contribution is 7.73. The van der Waals surface area contributed by atoms with Crippen molar-refractivity contribution in [1.82, 2.24) is 14.7 Å². The fraction of sp³-hybridized carbons (Fsp3) is 0.529. The van der Waals surface area contributed by atoms with Gasteiger partial charge in [-0.15, -0.1) is 5.10 Å². The molecule has 0 saturated heterocycles. The van der Waals surface area contributed by atoms with Crippen molar-refractivity contribution in [2.45, 2.75) is 39.5 Å². The second kappa shape index (κ2) is 7.31. The SMILES string of the molecule is CN(Cc1ccc2c(c1)OCCO2)Cn1nc(NC(C)(C)C)sc1=S. The number of ether oxygens (including phenoxy) is 2. The minimum Gasteiger partial charge on any atom is -0.486 e. The first kappa shape index (κ1) is 18.2. The monoisotopic (exact) mass is 380 g/mol. The maximum atomic E-state index is 5.65. The van der Waals surface area contributed by atoms with Crippen LogP contribution in [-0.2, 0) is 13.2 Å². The predicted octanol–water partition coefficient (Wildman–Crippen LogP) is 3.75. The van der Waals surface area contributed by atoms with E-state index in [4.69, 9.17) is 21.7 Å². The molecule has 0 bridgehead atoms. The third-order valence-corrected chi connectivity index (χ3v) is 4.75. The van der Waals surface area contributed by atoms with Crippen LogP contribution >= 0.6 is 23.6 Å². The van der Waals surface area contributed by atoms with Crippen molar-refractivity contribution >= 4 is 28.7 Å². The fourth-order valence-corrected chi connectivity index (χ4v) is 3.74. The van der Waals surface area contributed by atoms with Gasteiger partial charge in [-0.3, -0.25) is 4.90 Å². The van der Waals surface area contributed by atoms with E-state index in [-0.39, 0.29) is 5.54 Å². The van der Waals surface area contributed by atoms with Crippen LogP contribution in [0.2, 0.25) is 0 Å². The number of anilines is 1. The Hall–Kier alpha value is -1.64. The molecule has 25 heavy (non-hydrogen) atoms. The molecule has 136 valence electrons. The summed E-state index contributed by atoms with van der Waals surface area (Å²) in [4.78, 5) is 2.17. The quantitative estimate of drug-likeness (QED) is 0.798. The van der Waals surface area contributed by atoms with Gasteiger partial charge in [0.15, 0.2) is 15.5 Å². The van der Waals surface area contributed by atoms with Crippen molar-refractivity contribution in [1.29, 1.82) is 0 Å². The summed E-state index contributed by atoms with van der Waals surface area (Å²) >= 11 is 6.94. The maximum Gasteiger partial charge on any atom is 0.205 e. The smallest absolute Gasteiger partial charge is 0.205 e. The predicted molar refractivity (Wildman–Crippen MR) is 103 cm³/mol. The number of aromatic nitrogens is 2. The highest BCUT2D eigenvalue weighted by Gasteiger charge is 2.15. The van der Waals surface area contributed by atoms with Crippen LogP contribution in [0.4, 0.5) is 5.13 Å². The van der Waals surface area contributed by atoms with Crippen LogP contribution in [0.3, 0.4) is 0 Å². The van der Waals surface area contributed by atoms with E-state index in [0.717, 1.165) is 27.1 Å². The number of hydrogen-bond acceptors (Lipinski definition) is 7. The van der Waals surface area contributed by atoms with E-state index < -0.39 is 0 Å². The Morgan fingerprint density at radius 2 is 2.00 bits per heavy atom. The van der Waals surface area contributed by atoms with E-state index in [9.17, 15) is 0 Å². The Morgan fingerprint density at radius 3 is 2.72 bits per heavy atom. The van der Waals surface area contributed by atoms with Crippen molar-refractivity contribution in [2.75, 3.05) is 25.6 Å². The van der Waals surface area contributed by atoms with E-state index in [1.54, 1.807) is 0 Å². The lowest BCUT2D eigenvalue weighted by atomic mass is 10.1. The molecule has 2 aromatic rings. The highest BCUT2D eigenvalue weighted by atomic mass is 32.1. The van der Waals surface area contributed by atoms with Gasteiger partial charge in [0.1, 0.15) is 13.2 Å². The van der Waals surface area contributed by atoms with E-state index in [1.165, 1.54) is 16.9 Å². The topological polar surface area (TPSA) is 51.6 Å². The molecule has 0 fully saturated rings. The molecule has 0 aliphatic carbocycles. The lowest BCUT2D eigenvalue weighted by Crippen LogP contribution is -2.26. The number of benzene rings is 1. The summed E-state index contributed by atoms with van der Waals surface area (Å²) in [6.45, 7) is 8.94. The Morgan fingerprint density at radius 1 is 1.28 bits per heavy atom. The molecule has 1 aliphatic rings. The summed E-state index contributed by atoms with van der Waals surface area (Å²) in [6, 6.07) is 6.08. The first-order valence-corrected chi connectivity index (χ1v) is 9.46. The van der Waals surface area contributed by atoms with Gasteiger partial charge in [0.2, 0.25) is 5.13 Å². The summed E-state index contributed by atoms with van der Waals surface area (Å²) in [6.07, 6.45) is 0. The van der Waals surface area contributed by atoms with Crippen LogP contribution in [0.5, 0.6) is 11.5 Å². The summed E-state index contributed by atoms with van der Waals surface area (Å²) < 4.78 is 13.8. The molecule has 1 aromatic carbocycles. The van der Waals surface area contributed by atoms with Gasteiger partial charge in [0.05, 0.1) is 6.67 Å². The lowest BCUT2D eigenvalue weighted by Gasteiger charge is -2.21. The number of fused-ring (bicyclic) bond motifs is 1. The molecule has 0 radical (unpaired) electrons. The van der Waals surface area contributed by atoms with Gasteiger partial charge < -0.3 is 14.8 Å². The van der Waals surface area contributed by atoms with Crippen LogP contribution in [0.15, 0.2) is 18.2 Å². The van der Waals surface area contributed by atoms with E-state index in [1.807, 2.05) is 16.8 Å². The van der Waals surface area contributed by atoms with Crippen molar-refractivity contribution in [3.05, 3.63) is 27.7 Å². The highest BCUT2D eigenvalue weighted by Crippen LogP contribution is 2.31. The van der Waals surface area contributed by atoms with Crippen LogP contribution in [0.25, 0.3) is 0 Å². The van der Waals surface area contributed by atoms with Gasteiger partial charge in [-0.2, -0.15) is 0 Å².